The highest BCUT2D eigenvalue weighted by Gasteiger charge is 2.31. The summed E-state index contributed by atoms with van der Waals surface area (Å²) >= 11 is 12.6. The molecular formula is C33H25Cl2F3N5O3S3-. The van der Waals surface area contributed by atoms with Crippen molar-refractivity contribution in [3.63, 3.8) is 0 Å². The Balaban J connectivity index is 1.48. The number of hydrogen-bond acceptors (Lipinski definition) is 7. The predicted octanol–water partition coefficient (Wildman–Crippen LogP) is 8.32. The molecule has 1 aliphatic heterocycles. The number of carbonyl (C=O) groups excluding carboxylic acids is 1. The zero-order valence-electron chi connectivity index (χ0n) is 25.3. The third-order valence-corrected chi connectivity index (χ3v) is 10.8. The number of nitrogens with zero attached hydrogens (tertiary/aromatic N) is 4. The summed E-state index contributed by atoms with van der Waals surface area (Å²) < 4.78 is 66.9. The van der Waals surface area contributed by atoms with E-state index in [0.717, 1.165) is 35.7 Å². The van der Waals surface area contributed by atoms with Crippen LogP contribution in [0.4, 0.5) is 18.2 Å². The van der Waals surface area contributed by atoms with Gasteiger partial charge in [0.2, 0.25) is 0 Å². The first-order valence-electron chi connectivity index (χ1n) is 14.8. The van der Waals surface area contributed by atoms with Gasteiger partial charge in [0, 0.05) is 40.5 Å². The Morgan fingerprint density at radius 1 is 1.04 bits per heavy atom. The van der Waals surface area contributed by atoms with Crippen LogP contribution in [0.5, 0.6) is 0 Å². The number of nitrogens with one attached hydrogen (secondary N) is 1. The van der Waals surface area contributed by atoms with Crippen molar-refractivity contribution < 1.29 is 26.7 Å². The van der Waals surface area contributed by atoms with Gasteiger partial charge in [-0.1, -0.05) is 41.5 Å². The Morgan fingerprint density at radius 2 is 1.80 bits per heavy atom. The molecule has 254 valence electrons. The molecule has 1 aliphatic rings. The molecule has 1 amide bonds. The van der Waals surface area contributed by atoms with Gasteiger partial charge in [0.1, 0.15) is 5.00 Å². The Hall–Kier alpha value is -3.68. The Kier molecular flexibility index (Phi) is 10.8. The summed E-state index contributed by atoms with van der Waals surface area (Å²) in [5, 5.41) is 9.38. The van der Waals surface area contributed by atoms with Crippen LogP contribution in [0.1, 0.15) is 51.3 Å². The zero-order chi connectivity index (χ0) is 34.7. The maximum absolute atomic E-state index is 13.9. The zero-order valence-corrected chi connectivity index (χ0v) is 29.3. The third kappa shape index (κ3) is 8.21. The van der Waals surface area contributed by atoms with Crippen LogP contribution in [0.25, 0.3) is 16.3 Å². The standard InChI is InChI=1S/C33H26Cl2F3N5O3S3/c34-23-11-14-27(26(35)19-23)43-31(28-15-13-24(48-28)12-8-21-6-9-22(10-7-21)33(36,37)38)25(20-42(49(45)46)29-5-4-18-47-29)30(39-43)32(44)40-41-16-2-1-3-17-41/h4-7,9-11,13-15,18-19H,1-3,16-17,20H2,(H,40,44)(H,45,46)/p-1. The minimum absolute atomic E-state index is 0.00406. The maximum atomic E-state index is 13.9. The van der Waals surface area contributed by atoms with Gasteiger partial charge in [0.15, 0.2) is 5.69 Å². The Morgan fingerprint density at radius 3 is 2.45 bits per heavy atom. The van der Waals surface area contributed by atoms with Crippen molar-refractivity contribution >= 4 is 68.1 Å². The van der Waals surface area contributed by atoms with Crippen molar-refractivity contribution in [2.75, 3.05) is 17.4 Å². The van der Waals surface area contributed by atoms with E-state index in [1.165, 1.54) is 45.6 Å². The average molecular weight is 764 g/mol. The molecule has 2 aromatic carbocycles. The number of amides is 1. The Labute approximate surface area is 300 Å². The molecule has 1 saturated heterocycles. The number of anilines is 1. The molecule has 0 spiro atoms. The van der Waals surface area contributed by atoms with Gasteiger partial charge in [-0.3, -0.25) is 18.7 Å². The molecule has 49 heavy (non-hydrogen) atoms. The van der Waals surface area contributed by atoms with E-state index in [9.17, 15) is 26.7 Å². The van der Waals surface area contributed by atoms with Gasteiger partial charge in [-0.25, -0.2) is 9.69 Å². The first-order valence-corrected chi connectivity index (χ1v) is 18.3. The van der Waals surface area contributed by atoms with Crippen molar-refractivity contribution in [3.05, 3.63) is 109 Å². The molecule has 0 aliphatic carbocycles. The number of hydrogen-bond donors (Lipinski definition) is 1. The minimum atomic E-state index is -4.45. The lowest BCUT2D eigenvalue weighted by Crippen LogP contribution is -2.45. The number of aromatic nitrogens is 2. The number of carbonyl (C=O) groups is 1. The quantitative estimate of drug-likeness (QED) is 0.127. The second-order valence-corrected chi connectivity index (χ2v) is 14.6. The van der Waals surface area contributed by atoms with Gasteiger partial charge >= 0.3 is 6.18 Å². The molecule has 1 N–H and O–H groups in total. The van der Waals surface area contributed by atoms with Gasteiger partial charge in [-0.05, 0) is 85.0 Å². The molecule has 3 aromatic heterocycles. The van der Waals surface area contributed by atoms with Gasteiger partial charge in [-0.2, -0.15) is 18.3 Å². The van der Waals surface area contributed by atoms with Gasteiger partial charge in [0.05, 0.1) is 38.3 Å². The number of benzene rings is 2. The van der Waals surface area contributed by atoms with Gasteiger partial charge in [0.25, 0.3) is 5.91 Å². The first kappa shape index (κ1) is 35.2. The smallest absolute Gasteiger partial charge is 0.416 e. The summed E-state index contributed by atoms with van der Waals surface area (Å²) in [6.07, 6.45) is -1.57. The van der Waals surface area contributed by atoms with E-state index in [1.54, 1.807) is 41.8 Å². The molecule has 1 fully saturated rings. The Bertz CT molecular complexity index is 2050. The van der Waals surface area contributed by atoms with Gasteiger partial charge in [-0.15, -0.1) is 22.7 Å². The number of halogens is 5. The normalized spacial score (nSPS) is 14.2. The molecule has 0 bridgehead atoms. The summed E-state index contributed by atoms with van der Waals surface area (Å²) in [4.78, 5) is 15.1. The SMILES string of the molecule is O=C(NN1CCCCC1)c1nn(-c2ccc(Cl)cc2Cl)c(-c2ccc(C#Cc3ccc(C(F)(F)F)cc3)s2)c1CN(c1cccs1)S(=O)[O-]. The van der Waals surface area contributed by atoms with E-state index in [0.29, 0.717) is 55.4 Å². The monoisotopic (exact) mass is 762 g/mol. The van der Waals surface area contributed by atoms with Crippen LogP contribution >= 0.6 is 45.9 Å². The lowest BCUT2D eigenvalue weighted by atomic mass is 10.1. The van der Waals surface area contributed by atoms with E-state index >= 15 is 0 Å². The van der Waals surface area contributed by atoms with Crippen LogP contribution in [0.15, 0.2) is 72.1 Å². The summed E-state index contributed by atoms with van der Waals surface area (Å²) in [6.45, 7) is 1.09. The second kappa shape index (κ2) is 15.1. The topological polar surface area (TPSA) is 93.5 Å². The van der Waals surface area contributed by atoms with E-state index in [4.69, 9.17) is 28.3 Å². The number of hydrazine groups is 1. The summed E-state index contributed by atoms with van der Waals surface area (Å²) in [7, 11) is 0. The lowest BCUT2D eigenvalue weighted by Gasteiger charge is -2.27. The minimum Gasteiger partial charge on any atom is -0.755 e. The number of rotatable bonds is 8. The van der Waals surface area contributed by atoms with Crippen LogP contribution in [0.2, 0.25) is 10.0 Å². The highest BCUT2D eigenvalue weighted by atomic mass is 35.5. The van der Waals surface area contributed by atoms with Crippen LogP contribution in [0, 0.1) is 11.8 Å². The molecule has 1 unspecified atom stereocenters. The van der Waals surface area contributed by atoms with Crippen LogP contribution < -0.4 is 9.73 Å². The van der Waals surface area contributed by atoms with E-state index in [1.807, 2.05) is 5.01 Å². The molecule has 16 heteroatoms. The van der Waals surface area contributed by atoms with Gasteiger partial charge < -0.3 is 4.55 Å². The van der Waals surface area contributed by atoms with Crippen LogP contribution in [0.3, 0.4) is 0 Å². The third-order valence-electron chi connectivity index (χ3n) is 7.57. The number of piperidine rings is 1. The van der Waals surface area contributed by atoms with Crippen molar-refractivity contribution in [1.29, 1.82) is 0 Å². The second-order valence-electron chi connectivity index (χ2n) is 10.9. The fourth-order valence-electron chi connectivity index (χ4n) is 5.23. The van der Waals surface area contributed by atoms with Crippen molar-refractivity contribution in [2.45, 2.75) is 32.0 Å². The summed E-state index contributed by atoms with van der Waals surface area (Å²) in [6, 6.07) is 16.2. The summed E-state index contributed by atoms with van der Waals surface area (Å²) in [5.74, 6) is 5.37. The fourth-order valence-corrected chi connectivity index (χ4v) is 8.03. The average Bonchev–Trinajstić information content (AvgIpc) is 3.83. The van der Waals surface area contributed by atoms with E-state index < -0.39 is 28.9 Å². The van der Waals surface area contributed by atoms with Crippen LogP contribution in [-0.4, -0.2) is 42.5 Å². The van der Waals surface area contributed by atoms with E-state index in [-0.39, 0.29) is 17.3 Å². The molecular weight excluding hydrogens is 738 g/mol. The first-order chi connectivity index (χ1) is 23.5. The molecule has 6 rings (SSSR count). The largest absolute Gasteiger partial charge is 0.755 e. The van der Waals surface area contributed by atoms with E-state index in [2.05, 4.69) is 17.3 Å². The molecule has 1 atom stereocenters. The molecule has 5 aromatic rings. The highest BCUT2D eigenvalue weighted by molar-refractivity contribution is 7.80. The molecule has 0 radical (unpaired) electrons. The fraction of sp³-hybridized carbons (Fsp3) is 0.212. The highest BCUT2D eigenvalue weighted by Crippen LogP contribution is 2.38. The summed E-state index contributed by atoms with van der Waals surface area (Å²) in [5.41, 5.74) is 3.70. The number of thiophene rings is 2. The maximum Gasteiger partial charge on any atom is 0.416 e. The van der Waals surface area contributed by atoms with Crippen molar-refractivity contribution in [2.24, 2.45) is 0 Å². The molecule has 8 nitrogen and oxygen atoms in total. The molecule has 4 heterocycles. The number of alkyl halides is 3. The molecule has 0 saturated carbocycles. The van der Waals surface area contributed by atoms with Crippen molar-refractivity contribution in [1.82, 2.24) is 20.2 Å². The predicted molar refractivity (Wildman–Crippen MR) is 187 cm³/mol. The van der Waals surface area contributed by atoms with Crippen molar-refractivity contribution in [3.8, 4) is 28.1 Å². The van der Waals surface area contributed by atoms with Crippen LogP contribution in [-0.2, 0) is 24.0 Å². The lowest BCUT2D eigenvalue weighted by molar-refractivity contribution is -0.137.